The number of unbranched alkanes of at least 4 members (excludes halogenated alkanes) is 40. The van der Waals surface area contributed by atoms with Gasteiger partial charge in [-0.05, 0) is 51.4 Å². The average Bonchev–Trinajstić information content (AvgIpc) is 3.28. The Balaban J connectivity index is 3.44. The van der Waals surface area contributed by atoms with Gasteiger partial charge in [0.15, 0.2) is 0 Å². The molecular weight excluding hydrogens is 779 g/mol. The number of amides is 1. The number of ether oxygens (including phenoxy) is 1. The lowest BCUT2D eigenvalue weighted by Crippen LogP contribution is -2.45. The van der Waals surface area contributed by atoms with Crippen LogP contribution in [0.5, 0.6) is 0 Å². The summed E-state index contributed by atoms with van der Waals surface area (Å²) in [5, 5.41) is 23.3. The highest BCUT2D eigenvalue weighted by molar-refractivity contribution is 5.76. The number of allylic oxidation sites excluding steroid dienone is 2. The number of esters is 1. The summed E-state index contributed by atoms with van der Waals surface area (Å²) >= 11 is 0. The van der Waals surface area contributed by atoms with Crippen LogP contribution in [0.25, 0.3) is 0 Å². The second-order valence-electron chi connectivity index (χ2n) is 19.6. The van der Waals surface area contributed by atoms with Crippen LogP contribution in [0.4, 0.5) is 0 Å². The van der Waals surface area contributed by atoms with E-state index in [2.05, 4.69) is 31.3 Å². The molecule has 0 saturated heterocycles. The number of carbonyl (C=O) groups is 2. The minimum atomic E-state index is -0.671. The van der Waals surface area contributed by atoms with Gasteiger partial charge in [-0.25, -0.2) is 0 Å². The average molecular weight is 891 g/mol. The monoisotopic (exact) mass is 890 g/mol. The van der Waals surface area contributed by atoms with Gasteiger partial charge in [0.25, 0.3) is 0 Å². The van der Waals surface area contributed by atoms with Crippen molar-refractivity contribution in [2.75, 3.05) is 13.2 Å². The highest BCUT2D eigenvalue weighted by atomic mass is 16.5. The van der Waals surface area contributed by atoms with E-state index in [1.807, 2.05) is 0 Å². The summed E-state index contributed by atoms with van der Waals surface area (Å²) in [5.41, 5.74) is 0. The number of carbonyl (C=O) groups excluding carboxylic acids is 2. The van der Waals surface area contributed by atoms with Crippen LogP contribution in [0.15, 0.2) is 12.2 Å². The predicted molar refractivity (Wildman–Crippen MR) is 273 cm³/mol. The van der Waals surface area contributed by atoms with E-state index in [1.165, 1.54) is 231 Å². The first-order valence-electron chi connectivity index (χ1n) is 28.4. The molecule has 0 aromatic heterocycles. The number of nitrogens with one attached hydrogen (secondary N) is 1. The number of hydrogen-bond acceptors (Lipinski definition) is 5. The highest BCUT2D eigenvalue weighted by Crippen LogP contribution is 2.17. The van der Waals surface area contributed by atoms with Crippen molar-refractivity contribution < 1.29 is 24.5 Å². The SMILES string of the molecule is CCCCC/C=C\CCCCCCCC(=O)OCCCCCCCCCCCCCCCCC(=O)NC(CO)C(O)CCCCCCCCCCCCCCCCCCCCCC. The van der Waals surface area contributed by atoms with Gasteiger partial charge in [0.2, 0.25) is 5.91 Å². The fraction of sp³-hybridized carbons (Fsp3) is 0.930. The molecule has 0 spiro atoms. The fourth-order valence-electron chi connectivity index (χ4n) is 8.93. The molecule has 0 aliphatic heterocycles. The molecule has 374 valence electrons. The van der Waals surface area contributed by atoms with Crippen molar-refractivity contribution in [2.24, 2.45) is 0 Å². The van der Waals surface area contributed by atoms with Crippen molar-refractivity contribution in [3.05, 3.63) is 12.2 Å². The molecule has 1 amide bonds. The zero-order chi connectivity index (χ0) is 45.8. The first-order valence-corrected chi connectivity index (χ1v) is 28.4. The van der Waals surface area contributed by atoms with Gasteiger partial charge < -0.3 is 20.3 Å². The van der Waals surface area contributed by atoms with Crippen LogP contribution >= 0.6 is 0 Å². The molecule has 0 radical (unpaired) electrons. The molecular formula is C57H111NO5. The van der Waals surface area contributed by atoms with E-state index in [0.717, 1.165) is 51.4 Å². The van der Waals surface area contributed by atoms with Crippen molar-refractivity contribution >= 4 is 11.9 Å². The van der Waals surface area contributed by atoms with Gasteiger partial charge in [-0.1, -0.05) is 264 Å². The smallest absolute Gasteiger partial charge is 0.305 e. The number of rotatable bonds is 53. The first kappa shape index (κ1) is 61.6. The molecule has 6 heteroatoms. The maximum absolute atomic E-state index is 12.5. The molecule has 0 aromatic rings. The second kappa shape index (κ2) is 53.2. The lowest BCUT2D eigenvalue weighted by Gasteiger charge is -2.22. The molecule has 0 saturated carbocycles. The van der Waals surface area contributed by atoms with Gasteiger partial charge in [0.1, 0.15) is 0 Å². The van der Waals surface area contributed by atoms with Crippen LogP contribution in [0.3, 0.4) is 0 Å². The number of aliphatic hydroxyl groups is 2. The maximum Gasteiger partial charge on any atom is 0.305 e. The highest BCUT2D eigenvalue weighted by Gasteiger charge is 2.20. The van der Waals surface area contributed by atoms with E-state index < -0.39 is 12.1 Å². The second-order valence-corrected chi connectivity index (χ2v) is 19.6. The van der Waals surface area contributed by atoms with Crippen LogP contribution < -0.4 is 5.32 Å². The quantitative estimate of drug-likeness (QED) is 0.0321. The molecule has 0 fully saturated rings. The molecule has 0 aromatic carbocycles. The summed E-state index contributed by atoms with van der Waals surface area (Å²) in [7, 11) is 0. The van der Waals surface area contributed by atoms with Gasteiger partial charge in [-0.15, -0.1) is 0 Å². The largest absolute Gasteiger partial charge is 0.466 e. The Kier molecular flexibility index (Phi) is 52.0. The molecule has 3 N–H and O–H groups in total. The molecule has 0 heterocycles. The van der Waals surface area contributed by atoms with Crippen LogP contribution in [0, 0.1) is 0 Å². The van der Waals surface area contributed by atoms with Crippen molar-refractivity contribution in [1.82, 2.24) is 5.32 Å². The third-order valence-electron chi connectivity index (χ3n) is 13.3. The van der Waals surface area contributed by atoms with Crippen LogP contribution in [0.2, 0.25) is 0 Å². The summed E-state index contributed by atoms with van der Waals surface area (Å²) in [6.45, 7) is 4.92. The number of hydrogen-bond donors (Lipinski definition) is 3. The summed E-state index contributed by atoms with van der Waals surface area (Å²) in [6.07, 6.45) is 61.9. The van der Waals surface area contributed by atoms with Gasteiger partial charge in [-0.3, -0.25) is 9.59 Å². The van der Waals surface area contributed by atoms with Gasteiger partial charge in [0, 0.05) is 12.8 Å². The van der Waals surface area contributed by atoms with E-state index in [1.54, 1.807) is 0 Å². The molecule has 0 bridgehead atoms. The lowest BCUT2D eigenvalue weighted by molar-refractivity contribution is -0.143. The molecule has 0 rings (SSSR count). The first-order chi connectivity index (χ1) is 31.0. The van der Waals surface area contributed by atoms with Crippen LogP contribution in [-0.4, -0.2) is 47.4 Å². The Morgan fingerprint density at radius 3 is 1.16 bits per heavy atom. The number of aliphatic hydroxyl groups excluding tert-OH is 2. The van der Waals surface area contributed by atoms with Crippen molar-refractivity contribution in [2.45, 2.75) is 328 Å². The van der Waals surface area contributed by atoms with E-state index in [0.29, 0.717) is 25.9 Å². The van der Waals surface area contributed by atoms with Gasteiger partial charge in [-0.2, -0.15) is 0 Å². The van der Waals surface area contributed by atoms with E-state index >= 15 is 0 Å². The summed E-state index contributed by atoms with van der Waals surface area (Å²) in [6, 6.07) is -0.549. The molecule has 2 unspecified atom stereocenters. The molecule has 6 nitrogen and oxygen atoms in total. The Morgan fingerprint density at radius 2 is 0.746 bits per heavy atom. The Hall–Kier alpha value is -1.40. The Morgan fingerprint density at radius 1 is 0.429 bits per heavy atom. The third-order valence-corrected chi connectivity index (χ3v) is 13.3. The maximum atomic E-state index is 12.5. The third kappa shape index (κ3) is 49.9. The van der Waals surface area contributed by atoms with Crippen molar-refractivity contribution in [3.63, 3.8) is 0 Å². The van der Waals surface area contributed by atoms with Crippen molar-refractivity contribution in [1.29, 1.82) is 0 Å². The minimum absolute atomic E-state index is 0.0114. The summed E-state index contributed by atoms with van der Waals surface area (Å²) < 4.78 is 5.45. The summed E-state index contributed by atoms with van der Waals surface area (Å²) in [5.74, 6) is -0.0542. The summed E-state index contributed by atoms with van der Waals surface area (Å²) in [4.78, 5) is 24.5. The molecule has 2 atom stereocenters. The lowest BCUT2D eigenvalue weighted by atomic mass is 10.0. The van der Waals surface area contributed by atoms with E-state index in [4.69, 9.17) is 4.74 Å². The molecule has 0 aliphatic rings. The van der Waals surface area contributed by atoms with Crippen LogP contribution in [0.1, 0.15) is 316 Å². The Labute approximate surface area is 393 Å². The predicted octanol–water partition coefficient (Wildman–Crippen LogP) is 17.3. The zero-order valence-corrected chi connectivity index (χ0v) is 42.6. The topological polar surface area (TPSA) is 95.9 Å². The normalized spacial score (nSPS) is 12.6. The van der Waals surface area contributed by atoms with E-state index in [-0.39, 0.29) is 18.5 Å². The van der Waals surface area contributed by atoms with Gasteiger partial charge >= 0.3 is 5.97 Å². The van der Waals surface area contributed by atoms with E-state index in [9.17, 15) is 19.8 Å². The zero-order valence-electron chi connectivity index (χ0n) is 42.6. The van der Waals surface area contributed by atoms with Crippen LogP contribution in [-0.2, 0) is 14.3 Å². The fourth-order valence-corrected chi connectivity index (χ4v) is 8.93. The minimum Gasteiger partial charge on any atom is -0.466 e. The molecule has 0 aliphatic carbocycles. The standard InChI is InChI=1S/C57H111NO5/c1-3-5-7-9-11-13-15-17-18-19-20-21-22-23-26-29-33-37-41-45-49-55(60)54(53-59)58-56(61)50-46-42-38-34-30-27-24-25-28-32-36-40-44-48-52-63-57(62)51-47-43-39-35-31-16-14-12-10-8-6-4-2/h12,14,54-55,59-60H,3-11,13,15-53H2,1-2H3,(H,58,61)/b14-12-. The molecule has 63 heavy (non-hydrogen) atoms. The van der Waals surface area contributed by atoms with Crippen molar-refractivity contribution in [3.8, 4) is 0 Å². The Bertz CT molecular complexity index is 939. The van der Waals surface area contributed by atoms with Gasteiger partial charge in [0.05, 0.1) is 25.4 Å².